The van der Waals surface area contributed by atoms with Crippen LogP contribution in [0.25, 0.3) is 20.2 Å². The largest absolute Gasteiger partial charge is 0.494 e. The van der Waals surface area contributed by atoms with Crippen molar-refractivity contribution in [2.75, 3.05) is 27.4 Å². The van der Waals surface area contributed by atoms with E-state index in [9.17, 15) is 18.4 Å². The Morgan fingerprint density at radius 3 is 1.40 bits per heavy atom. The maximum absolute atomic E-state index is 14.9. The molecule has 2 heterocycles. The Bertz CT molecular complexity index is 1890. The van der Waals surface area contributed by atoms with Crippen LogP contribution in [-0.2, 0) is 13.0 Å². The second-order valence-corrected chi connectivity index (χ2v) is 24.8. The van der Waals surface area contributed by atoms with Crippen LogP contribution in [0.1, 0.15) is 113 Å². The minimum atomic E-state index is -2.46. The molecule has 6 rings (SSSR count). The predicted molar refractivity (Wildman–Crippen MR) is 225 cm³/mol. The van der Waals surface area contributed by atoms with Gasteiger partial charge in [-0.15, -0.1) is 0 Å². The molecule has 2 aromatic heterocycles. The highest BCUT2D eigenvalue weighted by Gasteiger charge is 2.41. The highest BCUT2D eigenvalue weighted by molar-refractivity contribution is 7.16. The monoisotopic (exact) mass is 830 g/mol. The molecule has 2 aromatic carbocycles. The highest BCUT2D eigenvalue weighted by Crippen LogP contribution is 2.41. The van der Waals surface area contributed by atoms with Gasteiger partial charge in [0.05, 0.1) is 13.2 Å². The lowest BCUT2D eigenvalue weighted by Gasteiger charge is -2.35. The van der Waals surface area contributed by atoms with Crippen LogP contribution in [0.2, 0.25) is 25.2 Å². The second kappa shape index (κ2) is 19.3. The summed E-state index contributed by atoms with van der Waals surface area (Å²) < 4.78 is 61.3. The lowest BCUT2D eigenvalue weighted by atomic mass is 9.95. The quantitative estimate of drug-likeness (QED) is 0.0648. The van der Waals surface area contributed by atoms with Gasteiger partial charge in [-0.05, 0) is 123 Å². The van der Waals surface area contributed by atoms with Crippen molar-refractivity contribution < 1.29 is 31.2 Å². The van der Waals surface area contributed by atoms with Crippen molar-refractivity contribution in [1.82, 2.24) is 0 Å². The molecule has 2 aliphatic carbocycles. The van der Waals surface area contributed by atoms with E-state index < -0.39 is 38.2 Å². The molecule has 55 heavy (non-hydrogen) atoms. The molecule has 300 valence electrons. The average molecular weight is 831 g/mol. The summed E-state index contributed by atoms with van der Waals surface area (Å²) in [5.41, 5.74) is 1.20. The van der Waals surface area contributed by atoms with E-state index in [-0.39, 0.29) is 11.8 Å². The molecule has 0 amide bonds. The fourth-order valence-electron chi connectivity index (χ4n) is 8.45. The van der Waals surface area contributed by atoms with Crippen LogP contribution in [0.5, 0.6) is 11.5 Å². The number of benzene rings is 2. The molecule has 0 saturated heterocycles. The fraction of sp³-hybridized carbons (Fsp3) is 0.571. The van der Waals surface area contributed by atoms with Crippen molar-refractivity contribution in [3.8, 4) is 11.5 Å². The molecule has 13 heteroatoms. The lowest BCUT2D eigenvalue weighted by Crippen LogP contribution is -2.51. The molecule has 0 bridgehead atoms. The Hall–Kier alpha value is -2.53. The number of hydrogen-bond acceptors (Lipinski definition) is 9. The van der Waals surface area contributed by atoms with Crippen molar-refractivity contribution in [3.05, 3.63) is 78.2 Å². The topological polar surface area (TPSA) is 80.3 Å². The third-order valence-corrected chi connectivity index (χ3v) is 21.2. The summed E-state index contributed by atoms with van der Waals surface area (Å²) in [6.45, 7) is 5.36. The third kappa shape index (κ3) is 10.5. The minimum absolute atomic E-state index is 0.126. The molecular weight excluding hydrogens is 775 g/mol. The number of halogens is 2. The van der Waals surface area contributed by atoms with Crippen LogP contribution in [-0.4, -0.2) is 44.6 Å². The second-order valence-electron chi connectivity index (χ2n) is 15.6. The van der Waals surface area contributed by atoms with Crippen molar-refractivity contribution >= 4 is 60.0 Å². The van der Waals surface area contributed by atoms with E-state index in [1.165, 1.54) is 0 Å². The molecule has 2 atom stereocenters. The Morgan fingerprint density at radius 2 is 1.02 bits per heavy atom. The normalized spacial score (nSPS) is 17.6. The predicted octanol–water partition coefficient (Wildman–Crippen LogP) is 11.7. The van der Waals surface area contributed by atoms with Gasteiger partial charge in [0, 0.05) is 34.7 Å². The highest BCUT2D eigenvalue weighted by atomic mass is 32.1. The molecule has 0 N–H and O–H groups in total. The van der Waals surface area contributed by atoms with Crippen LogP contribution in [0.3, 0.4) is 0 Å². The summed E-state index contributed by atoms with van der Waals surface area (Å²) in [4.78, 5) is 24.9. The van der Waals surface area contributed by atoms with Gasteiger partial charge in [-0.1, -0.05) is 74.0 Å². The van der Waals surface area contributed by atoms with E-state index in [2.05, 4.69) is 13.1 Å². The van der Waals surface area contributed by atoms with Crippen LogP contribution in [0.15, 0.2) is 46.0 Å². The van der Waals surface area contributed by atoms with Gasteiger partial charge in [-0.2, -0.15) is 0 Å². The molecule has 0 radical (unpaired) electrons. The van der Waals surface area contributed by atoms with Crippen molar-refractivity contribution in [3.63, 3.8) is 0 Å². The first-order valence-electron chi connectivity index (χ1n) is 20.1. The molecule has 7 nitrogen and oxygen atoms in total. The zero-order valence-electron chi connectivity index (χ0n) is 32.8. The van der Waals surface area contributed by atoms with Crippen LogP contribution in [0, 0.1) is 11.6 Å². The number of hydrogen-bond donors (Lipinski definition) is 0. The first-order chi connectivity index (χ1) is 26.5. The average Bonchev–Trinajstić information content (AvgIpc) is 3.91. The fourth-order valence-corrected chi connectivity index (χ4v) is 17.5. The molecule has 0 spiro atoms. The van der Waals surface area contributed by atoms with Gasteiger partial charge in [-0.25, -0.2) is 8.78 Å². The van der Waals surface area contributed by atoms with Crippen molar-refractivity contribution in [1.29, 1.82) is 0 Å². The molecule has 4 aromatic rings. The Morgan fingerprint density at radius 1 is 0.618 bits per heavy atom. The molecule has 2 saturated carbocycles. The van der Waals surface area contributed by atoms with Gasteiger partial charge in [0.15, 0.2) is 11.6 Å². The number of ether oxygens (including phenoxy) is 2. The molecule has 2 unspecified atom stereocenters. The van der Waals surface area contributed by atoms with Gasteiger partial charge in [0.1, 0.15) is 11.5 Å². The zero-order valence-corrected chi connectivity index (χ0v) is 36.4. The Labute approximate surface area is 333 Å². The standard InChI is InChI=1S/C42H56F2O7S2Si2/c1-47-54(3,25-13-5-11-23-49-31-19-21-33-35(27-31)52-41(45)39(43)37(33)29-15-7-8-16-29)51-55(4,48-2)26-14-6-12-24-50-32-20-22-34-36(28-32)53-42(46)40(44)38(34)30-17-9-10-18-30/h19-22,27-30H,5-18,23-26H2,1-4H3. The van der Waals surface area contributed by atoms with Gasteiger partial charge < -0.3 is 22.4 Å². The van der Waals surface area contributed by atoms with Gasteiger partial charge >= 0.3 is 17.1 Å². The molecular formula is C42H56F2O7S2Si2. The van der Waals surface area contributed by atoms with E-state index in [0.29, 0.717) is 35.8 Å². The van der Waals surface area contributed by atoms with E-state index in [1.807, 2.05) is 36.4 Å². The Balaban J connectivity index is 0.907. The van der Waals surface area contributed by atoms with E-state index in [1.54, 1.807) is 14.2 Å². The Kier molecular flexibility index (Phi) is 14.8. The SMILES string of the molecule is CO[Si](C)(CCCCCOc1ccc2c(C3CCCC3)c(F)c(=O)sc2c1)O[Si](C)(CCCCCOc1ccc2c(C3CCCC3)c(F)c(=O)sc2c1)OC. The lowest BCUT2D eigenvalue weighted by molar-refractivity contribution is 0.237. The van der Waals surface area contributed by atoms with Gasteiger partial charge in [0.2, 0.25) is 0 Å². The van der Waals surface area contributed by atoms with E-state index in [0.717, 1.165) is 145 Å². The van der Waals surface area contributed by atoms with Crippen LogP contribution < -0.4 is 19.0 Å². The van der Waals surface area contributed by atoms with E-state index in [4.69, 9.17) is 22.4 Å². The van der Waals surface area contributed by atoms with Crippen LogP contribution in [0.4, 0.5) is 8.78 Å². The van der Waals surface area contributed by atoms with Crippen molar-refractivity contribution in [2.24, 2.45) is 0 Å². The van der Waals surface area contributed by atoms with Gasteiger partial charge in [-0.3, -0.25) is 9.59 Å². The summed E-state index contributed by atoms with van der Waals surface area (Å²) in [6.07, 6.45) is 13.7. The summed E-state index contributed by atoms with van der Waals surface area (Å²) in [5, 5.41) is 1.69. The summed E-state index contributed by atoms with van der Waals surface area (Å²) in [6, 6.07) is 13.1. The summed E-state index contributed by atoms with van der Waals surface area (Å²) >= 11 is 1.93. The number of unbranched alkanes of at least 4 members (excludes halogenated alkanes) is 4. The number of fused-ring (bicyclic) bond motifs is 2. The zero-order chi connectivity index (χ0) is 39.0. The van der Waals surface area contributed by atoms with Crippen molar-refractivity contribution in [2.45, 2.75) is 127 Å². The third-order valence-electron chi connectivity index (χ3n) is 11.6. The van der Waals surface area contributed by atoms with Gasteiger partial charge in [0.25, 0.3) is 9.48 Å². The van der Waals surface area contributed by atoms with E-state index >= 15 is 0 Å². The minimum Gasteiger partial charge on any atom is -0.494 e. The maximum atomic E-state index is 14.9. The first-order valence-corrected chi connectivity index (χ1v) is 26.8. The van der Waals surface area contributed by atoms with Crippen LogP contribution >= 0.6 is 22.7 Å². The summed E-state index contributed by atoms with van der Waals surface area (Å²) in [5.74, 6) is 0.522. The number of rotatable bonds is 20. The molecule has 2 fully saturated rings. The maximum Gasteiger partial charge on any atom is 0.325 e. The molecule has 2 aliphatic rings. The smallest absolute Gasteiger partial charge is 0.325 e. The molecule has 0 aliphatic heterocycles. The first kappa shape index (κ1) is 42.1. The summed E-state index contributed by atoms with van der Waals surface area (Å²) in [7, 11) is -1.43.